The van der Waals surface area contributed by atoms with Gasteiger partial charge in [0, 0.05) is 25.0 Å². The van der Waals surface area contributed by atoms with E-state index in [0.717, 1.165) is 12.1 Å². The molecular weight excluding hydrogens is 471 g/mol. The lowest BCUT2D eigenvalue weighted by atomic mass is 10.1. The number of benzene rings is 2. The van der Waals surface area contributed by atoms with E-state index in [1.165, 1.54) is 39.8 Å². The number of nitrogens with one attached hydrogen (secondary N) is 2. The smallest absolute Gasteiger partial charge is 0.324 e. The van der Waals surface area contributed by atoms with Gasteiger partial charge in [0.15, 0.2) is 0 Å². The van der Waals surface area contributed by atoms with Gasteiger partial charge in [-0.3, -0.25) is 9.59 Å². The fraction of sp³-hybridized carbons (Fsp3) is 0.300. The van der Waals surface area contributed by atoms with Crippen LogP contribution in [-0.4, -0.2) is 16.9 Å². The average molecular weight is 491 g/mol. The highest BCUT2D eigenvalue weighted by Crippen LogP contribution is 2.33. The highest BCUT2D eigenvalue weighted by atomic mass is 35.5. The SMILES string of the molecule is CC(=O)Nc1cc(C(C)O[N+](=O)OC(C)c2cc(NC(C)=O)c(F)cc2Cl)c(Cl)cc1F. The predicted molar refractivity (Wildman–Crippen MR) is 114 cm³/mol. The third-order valence-corrected chi connectivity index (χ3v) is 4.81. The Hall–Kier alpha value is -2.98. The minimum Gasteiger partial charge on any atom is -0.324 e. The summed E-state index contributed by atoms with van der Waals surface area (Å²) < 4.78 is 27.9. The Kier molecular flexibility index (Phi) is 8.34. The second kappa shape index (κ2) is 10.6. The molecule has 0 aliphatic heterocycles. The molecule has 0 bridgehead atoms. The van der Waals surface area contributed by atoms with Crippen molar-refractivity contribution in [2.75, 3.05) is 10.6 Å². The minimum atomic E-state index is -1.00. The van der Waals surface area contributed by atoms with Crippen molar-refractivity contribution in [2.45, 2.75) is 39.9 Å². The Morgan fingerprint density at radius 1 is 0.844 bits per heavy atom. The predicted octanol–water partition coefficient (Wildman–Crippen LogP) is 5.65. The molecule has 12 heteroatoms. The first-order chi connectivity index (χ1) is 14.9. The maximum absolute atomic E-state index is 14.0. The van der Waals surface area contributed by atoms with Crippen LogP contribution in [0.2, 0.25) is 10.0 Å². The number of carbonyl (C=O) groups excluding carboxylic acids is 2. The third kappa shape index (κ3) is 6.51. The lowest BCUT2D eigenvalue weighted by molar-refractivity contribution is -0.995. The molecule has 0 spiro atoms. The molecule has 0 aliphatic carbocycles. The van der Waals surface area contributed by atoms with Crippen LogP contribution in [0.1, 0.15) is 51.0 Å². The minimum absolute atomic E-state index is 0.0351. The third-order valence-electron chi connectivity index (χ3n) is 4.16. The van der Waals surface area contributed by atoms with Crippen molar-refractivity contribution >= 4 is 46.4 Å². The van der Waals surface area contributed by atoms with Crippen LogP contribution in [0.15, 0.2) is 24.3 Å². The summed E-state index contributed by atoms with van der Waals surface area (Å²) in [6.07, 6.45) is -2.00. The molecule has 2 amide bonds. The van der Waals surface area contributed by atoms with Crippen LogP contribution >= 0.6 is 23.2 Å². The molecule has 8 nitrogen and oxygen atoms in total. The Morgan fingerprint density at radius 2 is 1.19 bits per heavy atom. The molecular formula is C20H20Cl2F2N3O5+. The zero-order valence-electron chi connectivity index (χ0n) is 17.5. The Morgan fingerprint density at radius 3 is 1.50 bits per heavy atom. The van der Waals surface area contributed by atoms with Crippen LogP contribution in [0.25, 0.3) is 0 Å². The van der Waals surface area contributed by atoms with E-state index in [2.05, 4.69) is 10.6 Å². The van der Waals surface area contributed by atoms with E-state index < -0.39 is 35.7 Å². The molecule has 0 saturated heterocycles. The Labute approximate surface area is 192 Å². The number of amides is 2. The number of hydrogen-bond donors (Lipinski definition) is 2. The van der Waals surface area contributed by atoms with Crippen molar-refractivity contribution in [3.8, 4) is 0 Å². The van der Waals surface area contributed by atoms with Gasteiger partial charge in [0.2, 0.25) is 24.0 Å². The van der Waals surface area contributed by atoms with Crippen molar-refractivity contribution in [1.82, 2.24) is 0 Å². The normalized spacial score (nSPS) is 12.5. The fourth-order valence-electron chi connectivity index (χ4n) is 2.72. The lowest BCUT2D eigenvalue weighted by Crippen LogP contribution is -2.17. The van der Waals surface area contributed by atoms with E-state index in [4.69, 9.17) is 32.9 Å². The summed E-state index contributed by atoms with van der Waals surface area (Å²) in [5.41, 5.74) is 0.147. The van der Waals surface area contributed by atoms with E-state index in [-0.39, 0.29) is 37.6 Å². The molecule has 2 N–H and O–H groups in total. The lowest BCUT2D eigenvalue weighted by Gasteiger charge is -2.13. The molecule has 32 heavy (non-hydrogen) atoms. The largest absolute Gasteiger partial charge is 0.478 e. The molecule has 0 aromatic heterocycles. The van der Waals surface area contributed by atoms with Crippen molar-refractivity contribution in [3.63, 3.8) is 0 Å². The van der Waals surface area contributed by atoms with Gasteiger partial charge >= 0.3 is 5.09 Å². The number of anilines is 2. The second-order valence-corrected chi connectivity index (χ2v) is 7.60. The number of carbonyl (C=O) groups is 2. The van der Waals surface area contributed by atoms with Gasteiger partial charge < -0.3 is 10.6 Å². The van der Waals surface area contributed by atoms with Gasteiger partial charge in [0.25, 0.3) is 0 Å². The van der Waals surface area contributed by atoms with Gasteiger partial charge in [0.05, 0.1) is 21.4 Å². The molecule has 0 radical (unpaired) electrons. The molecule has 2 aromatic carbocycles. The Balaban J connectivity index is 2.16. The van der Waals surface area contributed by atoms with Gasteiger partial charge in [-0.2, -0.15) is 9.68 Å². The van der Waals surface area contributed by atoms with Crippen LogP contribution in [0.4, 0.5) is 20.2 Å². The maximum Gasteiger partial charge on any atom is 0.478 e. The highest BCUT2D eigenvalue weighted by Gasteiger charge is 2.28. The second-order valence-electron chi connectivity index (χ2n) is 6.79. The summed E-state index contributed by atoms with van der Waals surface area (Å²) in [6, 6.07) is 4.42. The topological polar surface area (TPSA) is 96.7 Å². The molecule has 2 unspecified atom stereocenters. The van der Waals surface area contributed by atoms with Crippen molar-refractivity contribution in [1.29, 1.82) is 0 Å². The summed E-state index contributed by atoms with van der Waals surface area (Å²) in [5.74, 6) is -2.51. The van der Waals surface area contributed by atoms with Crippen LogP contribution in [0, 0.1) is 16.5 Å². The quantitative estimate of drug-likeness (QED) is 0.465. The van der Waals surface area contributed by atoms with Gasteiger partial charge in [-0.25, -0.2) is 8.78 Å². The van der Waals surface area contributed by atoms with Gasteiger partial charge in [-0.15, -0.1) is 0 Å². The average Bonchev–Trinajstić information content (AvgIpc) is 2.65. The van der Waals surface area contributed by atoms with Crippen LogP contribution in [-0.2, 0) is 19.3 Å². The van der Waals surface area contributed by atoms with E-state index in [0.29, 0.717) is 0 Å². The number of nitrogens with zero attached hydrogens (tertiary/aromatic N) is 1. The van der Waals surface area contributed by atoms with Crippen molar-refractivity contribution in [2.24, 2.45) is 0 Å². The molecule has 2 atom stereocenters. The number of halogens is 4. The molecule has 0 fully saturated rings. The van der Waals surface area contributed by atoms with Gasteiger partial charge in [-0.05, 0) is 38.1 Å². The van der Waals surface area contributed by atoms with E-state index >= 15 is 0 Å². The maximum atomic E-state index is 14.0. The first-order valence-corrected chi connectivity index (χ1v) is 9.98. The zero-order valence-corrected chi connectivity index (χ0v) is 19.0. The summed E-state index contributed by atoms with van der Waals surface area (Å²) in [6.45, 7) is 5.32. The van der Waals surface area contributed by atoms with Crippen molar-refractivity contribution in [3.05, 3.63) is 62.0 Å². The summed E-state index contributed by atoms with van der Waals surface area (Å²) >= 11 is 12.1. The van der Waals surface area contributed by atoms with Gasteiger partial charge in [0.1, 0.15) is 16.5 Å². The monoisotopic (exact) mass is 490 g/mol. The van der Waals surface area contributed by atoms with E-state index in [9.17, 15) is 23.3 Å². The van der Waals surface area contributed by atoms with E-state index in [1.807, 2.05) is 0 Å². The molecule has 2 aromatic rings. The molecule has 0 saturated carbocycles. The van der Waals surface area contributed by atoms with E-state index in [1.54, 1.807) is 0 Å². The first-order valence-electron chi connectivity index (χ1n) is 9.22. The van der Waals surface area contributed by atoms with Crippen molar-refractivity contribution < 1.29 is 33.1 Å². The van der Waals surface area contributed by atoms with Crippen LogP contribution in [0.3, 0.4) is 0 Å². The summed E-state index contributed by atoms with van der Waals surface area (Å²) in [4.78, 5) is 44.9. The van der Waals surface area contributed by atoms with Crippen LogP contribution < -0.4 is 10.6 Å². The standard InChI is InChI=1S/C20H19Cl2F2N3O5/c1-9(13-5-19(25-11(3)28)17(23)7-15(13)21)31-27(30)32-10(2)14-6-20(26-12(4)29)18(24)8-16(14)22/h5-10H,1-4H3,(H-,25,26,28,29)/p+1. The molecule has 2 rings (SSSR count). The number of hydrogen-bond acceptors (Lipinski definition) is 5. The van der Waals surface area contributed by atoms with Gasteiger partial charge in [-0.1, -0.05) is 23.2 Å². The molecule has 0 heterocycles. The van der Waals surface area contributed by atoms with Crippen LogP contribution in [0.5, 0.6) is 0 Å². The molecule has 172 valence electrons. The fourth-order valence-corrected chi connectivity index (χ4v) is 3.33. The molecule has 0 aliphatic rings. The zero-order chi connectivity index (χ0) is 24.2. The number of rotatable bonds is 8. The Bertz CT molecular complexity index is 987. The first kappa shape index (κ1) is 25.3. The summed E-state index contributed by atoms with van der Waals surface area (Å²) in [7, 11) is 0. The summed E-state index contributed by atoms with van der Waals surface area (Å²) in [5, 5.41) is 4.35. The highest BCUT2D eigenvalue weighted by molar-refractivity contribution is 6.31.